The normalized spacial score (nSPS) is 15.1. The van der Waals surface area contributed by atoms with E-state index in [1.807, 2.05) is 31.3 Å². The van der Waals surface area contributed by atoms with Gasteiger partial charge in [0.1, 0.15) is 0 Å². The van der Waals surface area contributed by atoms with E-state index in [0.29, 0.717) is 38.1 Å². The summed E-state index contributed by atoms with van der Waals surface area (Å²) >= 11 is 0.697. The molecule has 0 unspecified atom stereocenters. The number of carbonyl (C=O) groups is 1. The van der Waals surface area contributed by atoms with Crippen molar-refractivity contribution in [1.29, 1.82) is 0 Å². The number of hydrogen-bond donors (Lipinski definition) is 3. The van der Waals surface area contributed by atoms with E-state index in [-0.39, 0.29) is 11.4 Å². The summed E-state index contributed by atoms with van der Waals surface area (Å²) in [5.41, 5.74) is 8.37. The van der Waals surface area contributed by atoms with Gasteiger partial charge in [-0.2, -0.15) is 0 Å². The first-order chi connectivity index (χ1) is 10.5. The van der Waals surface area contributed by atoms with Crippen LogP contribution in [0.1, 0.15) is 23.3 Å². The van der Waals surface area contributed by atoms with Crippen molar-refractivity contribution in [3.63, 3.8) is 0 Å². The molecule has 1 aromatic carbocycles. The van der Waals surface area contributed by atoms with Crippen molar-refractivity contribution >= 4 is 56.2 Å². The van der Waals surface area contributed by atoms with E-state index < -0.39 is 0 Å². The Bertz CT molecular complexity index is 697. The van der Waals surface area contributed by atoms with Gasteiger partial charge in [-0.15, -0.1) is 0 Å². The number of amides is 1. The molecule has 0 spiro atoms. The van der Waals surface area contributed by atoms with Gasteiger partial charge < -0.3 is 5.21 Å². The Morgan fingerprint density at radius 1 is 1.45 bits per heavy atom. The fourth-order valence-electron chi connectivity index (χ4n) is 2.74. The first kappa shape index (κ1) is 17.5. The summed E-state index contributed by atoms with van der Waals surface area (Å²) in [5, 5.41) is 7.51. The van der Waals surface area contributed by atoms with E-state index >= 15 is 0 Å². The Balaban J connectivity index is 0.000000847. The summed E-state index contributed by atoms with van der Waals surface area (Å²) in [6.07, 6.45) is 2.06. The number of aromatic nitrogens is 1. The Labute approximate surface area is 146 Å². The van der Waals surface area contributed by atoms with Gasteiger partial charge in [0.15, 0.2) is 0 Å². The third kappa shape index (κ3) is 2.94. The van der Waals surface area contributed by atoms with Crippen LogP contribution >= 0.6 is 0 Å². The molecule has 0 atom stereocenters. The third-order valence-electron chi connectivity index (χ3n) is 4.03. The molecule has 6 nitrogen and oxygen atoms in total. The first-order valence-corrected chi connectivity index (χ1v) is 8.59. The summed E-state index contributed by atoms with van der Waals surface area (Å²) in [5.74, 6) is 3.56. The van der Waals surface area contributed by atoms with Gasteiger partial charge in [0.05, 0.1) is 0 Å². The van der Waals surface area contributed by atoms with E-state index in [9.17, 15) is 4.79 Å². The molecule has 8 heteroatoms. The van der Waals surface area contributed by atoms with Crippen molar-refractivity contribution in [2.45, 2.75) is 18.4 Å². The van der Waals surface area contributed by atoms with Crippen LogP contribution in [0.15, 0.2) is 24.3 Å². The molecule has 113 valence electrons. The van der Waals surface area contributed by atoms with Crippen molar-refractivity contribution in [1.82, 2.24) is 7.28 Å². The third-order valence-corrected chi connectivity index (χ3v) is 4.82. The molecule has 22 heavy (non-hydrogen) atoms. The van der Waals surface area contributed by atoms with Crippen LogP contribution in [0.25, 0.3) is 10.9 Å². The maximum absolute atomic E-state index is 12.5. The molecule has 5 radical (unpaired) electrons. The number of benzene rings is 1. The molecule has 1 heterocycles. The van der Waals surface area contributed by atoms with Crippen LogP contribution in [0.2, 0.25) is 0 Å². The molecule has 1 fully saturated rings. The maximum atomic E-state index is 12.5. The predicted octanol–water partition coefficient (Wildman–Crippen LogP) is -0.627. The molecule has 1 aliphatic rings. The zero-order valence-electron chi connectivity index (χ0n) is 12.4. The minimum absolute atomic E-state index is 0.0613. The molecule has 0 aliphatic heterocycles. The van der Waals surface area contributed by atoms with Gasteiger partial charge in [0.25, 0.3) is 0 Å². The topological polar surface area (TPSA) is 97.5 Å². The van der Waals surface area contributed by atoms with Gasteiger partial charge in [0.2, 0.25) is 0 Å². The Morgan fingerprint density at radius 2 is 2.09 bits per heavy atom. The number of nitrogens with two attached hydrogens (primary N) is 2. The van der Waals surface area contributed by atoms with Crippen molar-refractivity contribution < 1.29 is 10.0 Å². The Hall–Kier alpha value is -0.903. The van der Waals surface area contributed by atoms with Crippen LogP contribution in [0, 0.1) is 0 Å². The molecule has 5 N–H and O–H groups in total. The fourth-order valence-corrected chi connectivity index (χ4v) is 3.18. The van der Waals surface area contributed by atoms with Gasteiger partial charge in [-0.3, -0.25) is 0 Å². The molecule has 1 saturated carbocycles. The Morgan fingerprint density at radius 3 is 2.59 bits per heavy atom. The number of hydrogen-bond acceptors (Lipinski definition) is 4. The molecule has 1 aliphatic carbocycles. The van der Waals surface area contributed by atoms with E-state index in [4.69, 9.17) is 18.8 Å². The standard InChI is InChI=1S/C14H16BN3O.H3NO.Pb/c1-17-13(19)12-7-9-6-10(15)2-3-11(9)18(12)14(8-16)4-5-14;1-2;/h2-3,6-7H,4-5,8,16H2,1H3,(H,17,19);2H,1H2;/q;;+1/p-1. The monoisotopic (exact) mass is 493 g/mol. The fraction of sp³-hybridized carbons (Fsp3) is 0.357. The minimum atomic E-state index is -0.0829. The van der Waals surface area contributed by atoms with Gasteiger partial charge in [-0.25, -0.2) is 5.90 Å². The summed E-state index contributed by atoms with van der Waals surface area (Å²) < 4.78 is 3.87. The van der Waals surface area contributed by atoms with Crippen molar-refractivity contribution in [2.24, 2.45) is 11.6 Å². The molecule has 1 aromatic heterocycles. The van der Waals surface area contributed by atoms with Gasteiger partial charge in [-0.05, 0) is 0 Å². The van der Waals surface area contributed by atoms with Crippen molar-refractivity contribution in [3.8, 4) is 0 Å². The first-order valence-electron chi connectivity index (χ1n) is 6.85. The second-order valence-corrected chi connectivity index (χ2v) is 8.08. The number of rotatable bonds is 3. The average Bonchev–Trinajstić information content (AvgIpc) is 3.22. The van der Waals surface area contributed by atoms with Crippen LogP contribution in [0.5, 0.6) is 0 Å². The zero-order valence-corrected chi connectivity index (χ0v) is 16.3. The van der Waals surface area contributed by atoms with Crippen LogP contribution in [-0.2, 0) is 5.54 Å². The molecule has 3 rings (SSSR count). The van der Waals surface area contributed by atoms with Crippen LogP contribution < -0.4 is 17.1 Å². The summed E-state index contributed by atoms with van der Waals surface area (Å²) in [6, 6.07) is 7.73. The molecule has 2 aromatic rings. The number of nitrogens with zero attached hydrogens (tertiary/aromatic N) is 2. The summed E-state index contributed by atoms with van der Waals surface area (Å²) in [4.78, 5) is 12.5. The molecule has 0 saturated heterocycles. The van der Waals surface area contributed by atoms with E-state index in [2.05, 4.69) is 10.5 Å². The predicted molar refractivity (Wildman–Crippen MR) is 87.4 cm³/mol. The molecule has 0 bridgehead atoms. The molecule has 1 amide bonds. The molecular weight excluding hydrogens is 474 g/mol. The van der Waals surface area contributed by atoms with Crippen molar-refractivity contribution in [2.75, 3.05) is 13.6 Å². The van der Waals surface area contributed by atoms with Crippen LogP contribution in [0.3, 0.4) is 0 Å². The van der Waals surface area contributed by atoms with Crippen LogP contribution in [-0.4, -0.2) is 65.9 Å². The van der Waals surface area contributed by atoms with Gasteiger partial charge in [0, 0.05) is 0 Å². The number of fused-ring (bicyclic) bond motifs is 1. The number of carbonyl (C=O) groups excluding carboxylic acids is 1. The van der Waals surface area contributed by atoms with Gasteiger partial charge >= 0.3 is 136 Å². The molecular formula is C14H18BN4O2Pb. The summed E-state index contributed by atoms with van der Waals surface area (Å²) in [7, 11) is 7.68. The van der Waals surface area contributed by atoms with E-state index in [1.165, 1.54) is 0 Å². The van der Waals surface area contributed by atoms with E-state index in [0.717, 1.165) is 29.4 Å². The van der Waals surface area contributed by atoms with Crippen LogP contribution in [0.4, 0.5) is 0 Å². The summed E-state index contributed by atoms with van der Waals surface area (Å²) in [6.45, 7) is 0.562. The quantitative estimate of drug-likeness (QED) is 0.393. The van der Waals surface area contributed by atoms with Crippen molar-refractivity contribution in [3.05, 3.63) is 30.0 Å². The SMILES string of the molecule is NO.[B]c1ccc2c(c1)cc(C(=O)[N](C)[Pb])n2C1(CN)CC1. The van der Waals surface area contributed by atoms with E-state index in [1.54, 1.807) is 2.71 Å². The Kier molecular flexibility index (Phi) is 5.31. The van der Waals surface area contributed by atoms with Gasteiger partial charge in [-0.1, -0.05) is 0 Å². The average molecular weight is 492 g/mol. The zero-order chi connectivity index (χ0) is 16.5. The second kappa shape index (κ2) is 6.69. The second-order valence-electron chi connectivity index (χ2n) is 5.48.